The molecular weight excluding hydrogens is 327 g/mol. The fourth-order valence-electron chi connectivity index (χ4n) is 3.40. The Morgan fingerprint density at radius 3 is 1.78 bits per heavy atom. The molecule has 2 aromatic carbocycles. The molecule has 1 saturated heterocycles. The van der Waals surface area contributed by atoms with Crippen molar-refractivity contribution in [1.29, 1.82) is 0 Å². The van der Waals surface area contributed by atoms with Crippen molar-refractivity contribution in [2.75, 3.05) is 26.7 Å². The number of hydrogen-bond donors (Lipinski definition) is 0. The summed E-state index contributed by atoms with van der Waals surface area (Å²) in [5, 5.41) is 1.55. The van der Waals surface area contributed by atoms with Crippen LogP contribution in [0.1, 0.15) is 24.1 Å². The molecule has 2 nitrogen and oxygen atoms in total. The number of halogens is 2. The van der Waals surface area contributed by atoms with Crippen molar-refractivity contribution in [2.24, 2.45) is 0 Å². The first-order valence-electron chi connectivity index (χ1n) is 8.00. The highest BCUT2D eigenvalue weighted by Crippen LogP contribution is 2.33. The molecule has 0 amide bonds. The van der Waals surface area contributed by atoms with Gasteiger partial charge in [0.05, 0.1) is 6.04 Å². The normalized spacial score (nSPS) is 20.1. The van der Waals surface area contributed by atoms with Crippen molar-refractivity contribution in [3.05, 3.63) is 69.7 Å². The third kappa shape index (κ3) is 3.89. The van der Waals surface area contributed by atoms with Gasteiger partial charge in [-0.3, -0.25) is 4.90 Å². The molecule has 0 aromatic heterocycles. The molecule has 1 atom stereocenters. The molecule has 1 aliphatic heterocycles. The second kappa shape index (κ2) is 7.23. The summed E-state index contributed by atoms with van der Waals surface area (Å²) in [6.45, 7) is 5.52. The van der Waals surface area contributed by atoms with Gasteiger partial charge in [0.15, 0.2) is 0 Å². The maximum absolute atomic E-state index is 6.08. The number of likely N-dealkylation sites (N-methyl/N-ethyl adjacent to an activating group) is 1. The van der Waals surface area contributed by atoms with Gasteiger partial charge in [-0.05, 0) is 49.4 Å². The summed E-state index contributed by atoms with van der Waals surface area (Å²) in [6, 6.07) is 17.1. The predicted octanol–water partition coefficient (Wildman–Crippen LogP) is 4.72. The van der Waals surface area contributed by atoms with Gasteiger partial charge >= 0.3 is 0 Å². The minimum Gasteiger partial charge on any atom is -0.304 e. The summed E-state index contributed by atoms with van der Waals surface area (Å²) in [6.07, 6.45) is 0. The summed E-state index contributed by atoms with van der Waals surface area (Å²) in [7, 11) is 2.19. The van der Waals surface area contributed by atoms with Crippen LogP contribution >= 0.6 is 23.2 Å². The summed E-state index contributed by atoms with van der Waals surface area (Å²) in [5.74, 6) is 0. The first-order chi connectivity index (χ1) is 11.0. The Balaban J connectivity index is 1.99. The highest BCUT2D eigenvalue weighted by Gasteiger charge is 2.30. The van der Waals surface area contributed by atoms with Crippen molar-refractivity contribution < 1.29 is 0 Å². The number of nitrogens with zero attached hydrogens (tertiary/aromatic N) is 2. The van der Waals surface area contributed by atoms with E-state index >= 15 is 0 Å². The third-order valence-corrected chi connectivity index (χ3v) is 5.09. The van der Waals surface area contributed by atoms with E-state index in [-0.39, 0.29) is 6.04 Å². The van der Waals surface area contributed by atoms with Crippen LogP contribution in [0.3, 0.4) is 0 Å². The minimum atomic E-state index is 0.230. The summed E-state index contributed by atoms with van der Waals surface area (Å²) < 4.78 is 0. The van der Waals surface area contributed by atoms with Crippen LogP contribution < -0.4 is 0 Å². The Kier molecular flexibility index (Phi) is 5.27. The number of piperazine rings is 1. The number of benzene rings is 2. The van der Waals surface area contributed by atoms with Crippen LogP contribution in [0.2, 0.25) is 10.0 Å². The Hall–Kier alpha value is -1.06. The van der Waals surface area contributed by atoms with Gasteiger partial charge in [0.25, 0.3) is 0 Å². The van der Waals surface area contributed by atoms with Crippen LogP contribution in [0.15, 0.2) is 48.5 Å². The van der Waals surface area contributed by atoms with Crippen LogP contribution in [0.4, 0.5) is 0 Å². The largest absolute Gasteiger partial charge is 0.304 e. The molecule has 3 rings (SSSR count). The first-order valence-corrected chi connectivity index (χ1v) is 8.75. The topological polar surface area (TPSA) is 6.48 Å². The third-order valence-electron chi connectivity index (χ3n) is 4.59. The monoisotopic (exact) mass is 348 g/mol. The van der Waals surface area contributed by atoms with Gasteiger partial charge in [0.2, 0.25) is 0 Å². The smallest absolute Gasteiger partial charge is 0.0605 e. The zero-order valence-electron chi connectivity index (χ0n) is 13.5. The number of rotatable bonds is 3. The Morgan fingerprint density at radius 2 is 1.35 bits per heavy atom. The molecule has 1 fully saturated rings. The van der Waals surface area contributed by atoms with Crippen LogP contribution in [0.5, 0.6) is 0 Å². The van der Waals surface area contributed by atoms with E-state index in [0.717, 1.165) is 29.7 Å². The molecule has 0 saturated carbocycles. The van der Waals surface area contributed by atoms with E-state index in [1.165, 1.54) is 11.1 Å². The van der Waals surface area contributed by atoms with Gasteiger partial charge in [-0.15, -0.1) is 0 Å². The molecule has 0 spiro atoms. The molecule has 122 valence electrons. The van der Waals surface area contributed by atoms with Gasteiger partial charge in [0, 0.05) is 35.7 Å². The van der Waals surface area contributed by atoms with E-state index < -0.39 is 0 Å². The molecule has 0 radical (unpaired) electrons. The first kappa shape index (κ1) is 16.8. The van der Waals surface area contributed by atoms with E-state index in [1.54, 1.807) is 0 Å². The molecule has 23 heavy (non-hydrogen) atoms. The molecule has 4 heteroatoms. The summed E-state index contributed by atoms with van der Waals surface area (Å²) >= 11 is 12.2. The van der Waals surface area contributed by atoms with Gasteiger partial charge in [0.1, 0.15) is 0 Å². The lowest BCUT2D eigenvalue weighted by Crippen LogP contribution is -2.51. The van der Waals surface area contributed by atoms with Crippen LogP contribution in [-0.2, 0) is 0 Å². The van der Waals surface area contributed by atoms with E-state index in [0.29, 0.717) is 6.04 Å². The SMILES string of the molecule is CC1CN(C)CCN1C(c1ccc(Cl)cc1)c1ccc(Cl)cc1. The molecule has 2 aromatic rings. The van der Waals surface area contributed by atoms with Crippen LogP contribution in [0.25, 0.3) is 0 Å². The molecule has 0 N–H and O–H groups in total. The summed E-state index contributed by atoms with van der Waals surface area (Å²) in [4.78, 5) is 4.97. The Bertz CT molecular complexity index is 594. The van der Waals surface area contributed by atoms with Gasteiger partial charge in [-0.2, -0.15) is 0 Å². The molecule has 1 heterocycles. The van der Waals surface area contributed by atoms with Crippen LogP contribution in [0, 0.1) is 0 Å². The van der Waals surface area contributed by atoms with Gasteiger partial charge in [-0.1, -0.05) is 47.5 Å². The zero-order valence-corrected chi connectivity index (χ0v) is 15.1. The van der Waals surface area contributed by atoms with Gasteiger partial charge < -0.3 is 4.90 Å². The second-order valence-corrected chi connectivity index (χ2v) is 7.23. The fourth-order valence-corrected chi connectivity index (χ4v) is 3.65. The zero-order chi connectivity index (χ0) is 16.4. The molecular formula is C19H22Cl2N2. The predicted molar refractivity (Wildman–Crippen MR) is 98.4 cm³/mol. The molecule has 1 unspecified atom stereocenters. The van der Waals surface area contributed by atoms with Gasteiger partial charge in [-0.25, -0.2) is 0 Å². The van der Waals surface area contributed by atoms with E-state index in [9.17, 15) is 0 Å². The molecule has 0 bridgehead atoms. The van der Waals surface area contributed by atoms with Crippen molar-refractivity contribution in [1.82, 2.24) is 9.80 Å². The average Bonchev–Trinajstić information content (AvgIpc) is 2.53. The van der Waals surface area contributed by atoms with Crippen molar-refractivity contribution >= 4 is 23.2 Å². The molecule has 1 aliphatic rings. The fraction of sp³-hybridized carbons (Fsp3) is 0.368. The lowest BCUT2D eigenvalue weighted by atomic mass is 9.95. The quantitative estimate of drug-likeness (QED) is 0.791. The number of hydrogen-bond acceptors (Lipinski definition) is 2. The average molecular weight is 349 g/mol. The highest BCUT2D eigenvalue weighted by atomic mass is 35.5. The Morgan fingerprint density at radius 1 is 0.870 bits per heavy atom. The molecule has 0 aliphatic carbocycles. The lowest BCUT2D eigenvalue weighted by Gasteiger charge is -2.43. The maximum atomic E-state index is 6.08. The van der Waals surface area contributed by atoms with Crippen molar-refractivity contribution in [3.8, 4) is 0 Å². The van der Waals surface area contributed by atoms with E-state index in [4.69, 9.17) is 23.2 Å². The second-order valence-electron chi connectivity index (χ2n) is 6.35. The standard InChI is InChI=1S/C19H22Cl2N2/c1-14-13-22(2)11-12-23(14)19(15-3-7-17(20)8-4-15)16-5-9-18(21)10-6-16/h3-10,14,19H,11-13H2,1-2H3. The minimum absolute atomic E-state index is 0.230. The lowest BCUT2D eigenvalue weighted by molar-refractivity contribution is 0.0747. The maximum Gasteiger partial charge on any atom is 0.0605 e. The summed E-state index contributed by atoms with van der Waals surface area (Å²) in [5.41, 5.74) is 2.54. The Labute approximate surface area is 148 Å². The van der Waals surface area contributed by atoms with Crippen LogP contribution in [-0.4, -0.2) is 42.5 Å². The van der Waals surface area contributed by atoms with Crippen molar-refractivity contribution in [3.63, 3.8) is 0 Å². The van der Waals surface area contributed by atoms with Crippen molar-refractivity contribution in [2.45, 2.75) is 19.0 Å². The van der Waals surface area contributed by atoms with E-state index in [2.05, 4.69) is 48.0 Å². The highest BCUT2D eigenvalue weighted by molar-refractivity contribution is 6.30. The van der Waals surface area contributed by atoms with E-state index in [1.807, 2.05) is 24.3 Å².